The highest BCUT2D eigenvalue weighted by Crippen LogP contribution is 2.55. The smallest absolute Gasteiger partial charge is 0.184 e. The van der Waals surface area contributed by atoms with Crippen molar-refractivity contribution < 1.29 is 8.42 Å². The molecule has 5 heteroatoms. The molecule has 3 atom stereocenters. The Labute approximate surface area is 136 Å². The van der Waals surface area contributed by atoms with E-state index in [1.54, 1.807) is 30.3 Å². The van der Waals surface area contributed by atoms with Gasteiger partial charge in [-0.15, -0.1) is 0 Å². The lowest BCUT2D eigenvalue weighted by Crippen LogP contribution is -2.29. The highest BCUT2D eigenvalue weighted by molar-refractivity contribution is 7.92. The summed E-state index contributed by atoms with van der Waals surface area (Å²) in [4.78, 5) is 0.211. The zero-order valence-electron chi connectivity index (χ0n) is 12.8. The van der Waals surface area contributed by atoms with E-state index in [9.17, 15) is 13.7 Å². The number of hydrogen-bond donors (Lipinski definition) is 1. The minimum atomic E-state index is -3.65. The Morgan fingerprint density at radius 3 is 2.26 bits per heavy atom. The molecule has 1 aliphatic rings. The average Bonchev–Trinajstić information content (AvgIpc) is 3.23. The number of nitriles is 1. The molecule has 2 N–H and O–H groups in total. The number of aryl methyl sites for hydroxylation is 1. The van der Waals surface area contributed by atoms with E-state index in [-0.39, 0.29) is 4.90 Å². The molecule has 23 heavy (non-hydrogen) atoms. The van der Waals surface area contributed by atoms with Gasteiger partial charge >= 0.3 is 0 Å². The third-order valence-electron chi connectivity index (χ3n) is 4.53. The first kappa shape index (κ1) is 15.7. The van der Waals surface area contributed by atoms with Gasteiger partial charge in [0.2, 0.25) is 0 Å². The van der Waals surface area contributed by atoms with Crippen molar-refractivity contribution >= 4 is 9.84 Å². The van der Waals surface area contributed by atoms with Gasteiger partial charge in [0.25, 0.3) is 0 Å². The average molecular weight is 326 g/mol. The van der Waals surface area contributed by atoms with Crippen LogP contribution in [0.25, 0.3) is 0 Å². The van der Waals surface area contributed by atoms with Gasteiger partial charge in [0, 0.05) is 5.92 Å². The molecule has 2 aromatic rings. The number of nitrogens with zero attached hydrogens (tertiary/aromatic N) is 1. The largest absolute Gasteiger partial charge is 0.312 e. The van der Waals surface area contributed by atoms with Crippen molar-refractivity contribution in [3.8, 4) is 6.07 Å². The fraction of sp³-hybridized carbons (Fsp3) is 0.278. The third kappa shape index (κ3) is 2.44. The summed E-state index contributed by atoms with van der Waals surface area (Å²) in [6.07, 6.45) is 0.905. The fourth-order valence-corrected chi connectivity index (χ4v) is 5.32. The monoisotopic (exact) mass is 326 g/mol. The summed E-state index contributed by atoms with van der Waals surface area (Å²) in [5.74, 6) is -0.497. The van der Waals surface area contributed by atoms with Gasteiger partial charge in [-0.05, 0) is 29.7 Å². The molecule has 0 bridgehead atoms. The molecule has 0 radical (unpaired) electrons. The van der Waals surface area contributed by atoms with Crippen molar-refractivity contribution in [1.82, 2.24) is 0 Å². The maximum atomic E-state index is 12.8. The zero-order chi connectivity index (χ0) is 16.7. The van der Waals surface area contributed by atoms with Gasteiger partial charge in [0.15, 0.2) is 9.84 Å². The Morgan fingerprint density at radius 1 is 1.13 bits per heavy atom. The molecule has 3 rings (SSSR count). The Balaban J connectivity index is 2.01. The van der Waals surface area contributed by atoms with Crippen LogP contribution >= 0.6 is 0 Å². The van der Waals surface area contributed by atoms with Crippen LogP contribution in [0.2, 0.25) is 0 Å². The third-order valence-corrected chi connectivity index (χ3v) is 6.79. The number of rotatable bonds is 4. The second-order valence-electron chi connectivity index (χ2n) is 5.90. The lowest BCUT2D eigenvalue weighted by Gasteiger charge is -2.04. The normalized spacial score (nSPS) is 26.5. The van der Waals surface area contributed by atoms with E-state index in [2.05, 4.69) is 6.92 Å². The molecule has 0 unspecified atom stereocenters. The Hall–Kier alpha value is -2.16. The minimum Gasteiger partial charge on any atom is -0.312 e. The number of nitrogens with two attached hydrogens (primary N) is 1. The van der Waals surface area contributed by atoms with E-state index in [0.717, 1.165) is 17.5 Å². The fourth-order valence-electron chi connectivity index (χ4n) is 3.11. The van der Waals surface area contributed by atoms with E-state index in [1.807, 2.05) is 30.3 Å². The van der Waals surface area contributed by atoms with Crippen LogP contribution in [0.1, 0.15) is 24.0 Å². The van der Waals surface area contributed by atoms with Gasteiger partial charge in [-0.2, -0.15) is 5.26 Å². The molecule has 1 fully saturated rings. The van der Waals surface area contributed by atoms with E-state index in [4.69, 9.17) is 5.73 Å². The summed E-state index contributed by atoms with van der Waals surface area (Å²) in [6.45, 7) is 2.05. The van der Waals surface area contributed by atoms with Gasteiger partial charge in [-0.25, -0.2) is 8.42 Å². The van der Waals surface area contributed by atoms with Gasteiger partial charge in [-0.3, -0.25) is 0 Å². The topological polar surface area (TPSA) is 83.9 Å². The molecule has 0 saturated heterocycles. The summed E-state index contributed by atoms with van der Waals surface area (Å²) in [6, 6.07) is 17.9. The molecule has 4 nitrogen and oxygen atoms in total. The standard InChI is InChI=1S/C18H18N2O2S/c1-2-13-8-10-14(11-9-13)16-17(18(16,20)12-19)23(21,22)15-6-4-3-5-7-15/h3-11,16-17H,2,20H2,1H3/t16-,17+,18-/m1/s1. The van der Waals surface area contributed by atoms with Crippen LogP contribution < -0.4 is 5.73 Å². The number of sulfone groups is 1. The number of hydrogen-bond acceptors (Lipinski definition) is 4. The van der Waals surface area contributed by atoms with E-state index < -0.39 is 26.5 Å². The first-order valence-corrected chi connectivity index (χ1v) is 9.07. The van der Waals surface area contributed by atoms with Crippen LogP contribution in [-0.4, -0.2) is 19.2 Å². The molecule has 2 aromatic carbocycles. The SMILES string of the molecule is CCc1ccc([C@@H]2[C@H](S(=O)(=O)c3ccccc3)[C@@]2(N)C#N)cc1. The lowest BCUT2D eigenvalue weighted by atomic mass is 10.0. The Morgan fingerprint density at radius 2 is 1.74 bits per heavy atom. The lowest BCUT2D eigenvalue weighted by molar-refractivity contribution is 0.592. The second-order valence-corrected chi connectivity index (χ2v) is 7.97. The van der Waals surface area contributed by atoms with Crippen molar-refractivity contribution in [3.63, 3.8) is 0 Å². The van der Waals surface area contributed by atoms with Crippen molar-refractivity contribution in [1.29, 1.82) is 5.26 Å². The summed E-state index contributed by atoms with van der Waals surface area (Å²) in [5, 5.41) is 8.53. The quantitative estimate of drug-likeness (QED) is 0.935. The first-order chi connectivity index (χ1) is 10.9. The van der Waals surface area contributed by atoms with Gasteiger partial charge in [0.05, 0.1) is 11.0 Å². The number of benzene rings is 2. The summed E-state index contributed by atoms with van der Waals surface area (Å²) in [5.41, 5.74) is 6.71. The van der Waals surface area contributed by atoms with E-state index in [0.29, 0.717) is 0 Å². The summed E-state index contributed by atoms with van der Waals surface area (Å²) >= 11 is 0. The first-order valence-electron chi connectivity index (χ1n) is 7.53. The molecular formula is C18H18N2O2S. The molecule has 0 spiro atoms. The molecule has 0 heterocycles. The van der Waals surface area contributed by atoms with Gasteiger partial charge in [-0.1, -0.05) is 49.4 Å². The van der Waals surface area contributed by atoms with Crippen LogP contribution in [-0.2, 0) is 16.3 Å². The highest BCUT2D eigenvalue weighted by atomic mass is 32.2. The molecule has 1 saturated carbocycles. The van der Waals surface area contributed by atoms with Gasteiger partial charge in [0.1, 0.15) is 10.8 Å². The van der Waals surface area contributed by atoms with Gasteiger partial charge < -0.3 is 5.73 Å². The highest BCUT2D eigenvalue weighted by Gasteiger charge is 2.70. The van der Waals surface area contributed by atoms with E-state index >= 15 is 0 Å². The van der Waals surface area contributed by atoms with Crippen LogP contribution in [0.3, 0.4) is 0 Å². The van der Waals surface area contributed by atoms with Crippen molar-refractivity contribution in [2.45, 2.75) is 34.9 Å². The van der Waals surface area contributed by atoms with Crippen molar-refractivity contribution in [2.75, 3.05) is 0 Å². The zero-order valence-corrected chi connectivity index (χ0v) is 13.6. The summed E-state index contributed by atoms with van der Waals surface area (Å²) < 4.78 is 25.7. The Bertz CT molecular complexity index is 854. The molecule has 118 valence electrons. The predicted octanol–water partition coefficient (Wildman–Crippen LogP) is 2.41. The Kier molecular flexibility index (Phi) is 3.75. The van der Waals surface area contributed by atoms with Crippen molar-refractivity contribution in [2.24, 2.45) is 5.73 Å². The molecule has 0 aromatic heterocycles. The van der Waals surface area contributed by atoms with E-state index in [1.165, 1.54) is 0 Å². The minimum absolute atomic E-state index is 0.211. The summed E-state index contributed by atoms with van der Waals surface area (Å²) in [7, 11) is -3.65. The van der Waals surface area contributed by atoms with Crippen molar-refractivity contribution in [3.05, 3.63) is 65.7 Å². The molecule has 1 aliphatic carbocycles. The van der Waals surface area contributed by atoms with Crippen LogP contribution in [0, 0.1) is 11.3 Å². The maximum Gasteiger partial charge on any atom is 0.184 e. The molecule has 0 amide bonds. The predicted molar refractivity (Wildman–Crippen MR) is 88.5 cm³/mol. The van der Waals surface area contributed by atoms with Crippen LogP contribution in [0.5, 0.6) is 0 Å². The molecular weight excluding hydrogens is 308 g/mol. The maximum absolute atomic E-state index is 12.8. The molecule has 0 aliphatic heterocycles. The second kappa shape index (κ2) is 5.48. The van der Waals surface area contributed by atoms with Crippen LogP contribution in [0.15, 0.2) is 59.5 Å². The van der Waals surface area contributed by atoms with Crippen LogP contribution in [0.4, 0.5) is 0 Å².